The fraction of sp³-hybridized carbons (Fsp3) is 0.192. The standard InChI is InChI=1S/C26H23N3O5/c1-13-7-8-17-18(12-13)28-26(27-17)29-21(19-6-5-9-34-19)20(23(31)25(29)32)22(30)16-11-14(2)10-15(3)24(16)33-4/h5-12,21,30H,1-4H3,(H,27,28)/b22-20+. The SMILES string of the molecule is COc1c(C)cc(C)cc1/C(O)=C1\C(=O)C(=O)N(c2nc3ccc(C)cc3[nH]2)C1c1ccco1. The number of benzene rings is 2. The average Bonchev–Trinajstić information content (AvgIpc) is 3.51. The number of Topliss-reactive ketones (excluding diaryl/α,β-unsaturated/α-hetero) is 1. The van der Waals surface area contributed by atoms with Gasteiger partial charge in [-0.25, -0.2) is 4.98 Å². The number of ketones is 1. The Bertz CT molecular complexity index is 1480. The van der Waals surface area contributed by atoms with Crippen LogP contribution in [0, 0.1) is 20.8 Å². The van der Waals surface area contributed by atoms with E-state index in [4.69, 9.17) is 9.15 Å². The van der Waals surface area contributed by atoms with Gasteiger partial charge in [0.25, 0.3) is 5.78 Å². The Kier molecular flexibility index (Phi) is 5.01. The van der Waals surface area contributed by atoms with E-state index < -0.39 is 17.7 Å². The van der Waals surface area contributed by atoms with Gasteiger partial charge in [0.2, 0.25) is 5.95 Å². The van der Waals surface area contributed by atoms with Crippen LogP contribution in [-0.2, 0) is 9.59 Å². The molecular formula is C26H23N3O5. The summed E-state index contributed by atoms with van der Waals surface area (Å²) in [6.45, 7) is 5.68. The van der Waals surface area contributed by atoms with Gasteiger partial charge in [0, 0.05) is 0 Å². The Balaban J connectivity index is 1.75. The van der Waals surface area contributed by atoms with Gasteiger partial charge in [-0.15, -0.1) is 0 Å². The zero-order valence-electron chi connectivity index (χ0n) is 19.2. The minimum Gasteiger partial charge on any atom is -0.507 e. The lowest BCUT2D eigenvalue weighted by atomic mass is 9.96. The molecule has 4 aromatic rings. The molecule has 0 radical (unpaired) electrons. The van der Waals surface area contributed by atoms with Crippen LogP contribution >= 0.6 is 0 Å². The number of nitrogens with zero attached hydrogens (tertiary/aromatic N) is 2. The number of anilines is 1. The van der Waals surface area contributed by atoms with Gasteiger partial charge in [-0.3, -0.25) is 14.5 Å². The number of fused-ring (bicyclic) bond motifs is 1. The fourth-order valence-electron chi connectivity index (χ4n) is 4.54. The molecule has 1 aliphatic heterocycles. The van der Waals surface area contributed by atoms with E-state index in [-0.39, 0.29) is 17.3 Å². The maximum absolute atomic E-state index is 13.3. The number of imidazole rings is 1. The van der Waals surface area contributed by atoms with E-state index in [1.807, 2.05) is 45.0 Å². The molecule has 1 fully saturated rings. The number of aryl methyl sites for hydroxylation is 3. The van der Waals surface area contributed by atoms with Crippen molar-refractivity contribution in [2.24, 2.45) is 0 Å². The van der Waals surface area contributed by atoms with E-state index in [9.17, 15) is 14.7 Å². The minimum atomic E-state index is -1.01. The topological polar surface area (TPSA) is 109 Å². The molecule has 1 unspecified atom stereocenters. The zero-order chi connectivity index (χ0) is 24.1. The highest BCUT2D eigenvalue weighted by Crippen LogP contribution is 2.43. The van der Waals surface area contributed by atoms with Crippen molar-refractivity contribution >= 4 is 34.4 Å². The van der Waals surface area contributed by atoms with Gasteiger partial charge in [0.1, 0.15) is 23.3 Å². The molecule has 0 saturated carbocycles. The van der Waals surface area contributed by atoms with Gasteiger partial charge in [-0.1, -0.05) is 12.1 Å². The van der Waals surface area contributed by atoms with Crippen molar-refractivity contribution in [2.45, 2.75) is 26.8 Å². The largest absolute Gasteiger partial charge is 0.507 e. The normalized spacial score (nSPS) is 17.6. The Hall–Kier alpha value is -4.33. The summed E-state index contributed by atoms with van der Waals surface area (Å²) in [5.74, 6) is -1.06. The number of carbonyl (C=O) groups is 2. The zero-order valence-corrected chi connectivity index (χ0v) is 19.2. The predicted octanol–water partition coefficient (Wildman–Crippen LogP) is 4.72. The summed E-state index contributed by atoms with van der Waals surface area (Å²) in [5.41, 5.74) is 4.29. The third-order valence-corrected chi connectivity index (χ3v) is 5.99. The summed E-state index contributed by atoms with van der Waals surface area (Å²) >= 11 is 0. The van der Waals surface area contributed by atoms with E-state index in [2.05, 4.69) is 9.97 Å². The number of hydrogen-bond acceptors (Lipinski definition) is 6. The molecule has 2 aromatic carbocycles. The summed E-state index contributed by atoms with van der Waals surface area (Å²) in [6.07, 6.45) is 1.45. The first-order valence-corrected chi connectivity index (χ1v) is 10.8. The number of aromatic amines is 1. The van der Waals surface area contributed by atoms with Gasteiger partial charge >= 0.3 is 5.91 Å². The van der Waals surface area contributed by atoms with Crippen molar-refractivity contribution < 1.29 is 23.8 Å². The van der Waals surface area contributed by atoms with E-state index in [1.165, 1.54) is 18.3 Å². The van der Waals surface area contributed by atoms with Gasteiger partial charge in [-0.05, 0) is 67.8 Å². The first kappa shape index (κ1) is 21.5. The highest BCUT2D eigenvalue weighted by Gasteiger charge is 2.49. The van der Waals surface area contributed by atoms with Gasteiger partial charge in [0.15, 0.2) is 0 Å². The summed E-state index contributed by atoms with van der Waals surface area (Å²) < 4.78 is 11.1. The molecule has 1 atom stereocenters. The second-order valence-corrected chi connectivity index (χ2v) is 8.43. The average molecular weight is 457 g/mol. The van der Waals surface area contributed by atoms with E-state index in [1.54, 1.807) is 18.2 Å². The lowest BCUT2D eigenvalue weighted by molar-refractivity contribution is -0.132. The molecule has 0 bridgehead atoms. The van der Waals surface area contributed by atoms with E-state index in [0.717, 1.165) is 22.2 Å². The number of furan rings is 1. The number of rotatable bonds is 4. The number of aliphatic hydroxyl groups is 1. The number of amides is 1. The van der Waals surface area contributed by atoms with Crippen LogP contribution in [0.15, 0.2) is 58.7 Å². The van der Waals surface area contributed by atoms with Crippen molar-refractivity contribution in [1.82, 2.24) is 9.97 Å². The molecule has 2 N–H and O–H groups in total. The summed E-state index contributed by atoms with van der Waals surface area (Å²) in [5, 5.41) is 11.4. The van der Waals surface area contributed by atoms with Gasteiger partial charge < -0.3 is 19.2 Å². The van der Waals surface area contributed by atoms with Crippen molar-refractivity contribution in [3.05, 3.63) is 82.3 Å². The van der Waals surface area contributed by atoms with Gasteiger partial charge in [-0.2, -0.15) is 0 Å². The first-order chi connectivity index (χ1) is 16.3. The monoisotopic (exact) mass is 457 g/mol. The van der Waals surface area contributed by atoms with Crippen LogP contribution in [0.2, 0.25) is 0 Å². The molecule has 172 valence electrons. The lowest BCUT2D eigenvalue weighted by Crippen LogP contribution is -2.30. The molecule has 1 saturated heterocycles. The maximum Gasteiger partial charge on any atom is 0.302 e. The summed E-state index contributed by atoms with van der Waals surface area (Å²) in [7, 11) is 1.49. The highest BCUT2D eigenvalue weighted by molar-refractivity contribution is 6.51. The van der Waals surface area contributed by atoms with Crippen LogP contribution in [0.1, 0.15) is 34.1 Å². The van der Waals surface area contributed by atoms with Crippen LogP contribution in [-0.4, -0.2) is 33.9 Å². The number of aliphatic hydroxyl groups excluding tert-OH is 1. The molecule has 8 nitrogen and oxygen atoms in total. The number of H-pyrrole nitrogens is 1. The number of aromatic nitrogens is 2. The molecule has 8 heteroatoms. The van der Waals surface area contributed by atoms with Crippen LogP contribution in [0.5, 0.6) is 5.75 Å². The Labute approximate surface area is 195 Å². The maximum atomic E-state index is 13.3. The second-order valence-electron chi connectivity index (χ2n) is 8.43. The third kappa shape index (κ3) is 3.26. The predicted molar refractivity (Wildman–Crippen MR) is 127 cm³/mol. The van der Waals surface area contributed by atoms with Crippen LogP contribution in [0.3, 0.4) is 0 Å². The Morgan fingerprint density at radius 1 is 1.12 bits per heavy atom. The van der Waals surface area contributed by atoms with Crippen LogP contribution in [0.25, 0.3) is 16.8 Å². The van der Waals surface area contributed by atoms with E-state index in [0.29, 0.717) is 22.6 Å². The Morgan fingerprint density at radius 2 is 1.91 bits per heavy atom. The Morgan fingerprint density at radius 3 is 2.62 bits per heavy atom. The number of nitrogens with one attached hydrogen (secondary N) is 1. The molecule has 0 spiro atoms. The summed E-state index contributed by atoms with van der Waals surface area (Å²) in [6, 6.07) is 11.6. The first-order valence-electron chi connectivity index (χ1n) is 10.8. The lowest BCUT2D eigenvalue weighted by Gasteiger charge is -2.21. The molecular weight excluding hydrogens is 434 g/mol. The van der Waals surface area contributed by atoms with E-state index >= 15 is 0 Å². The van der Waals surface area contributed by atoms with Crippen molar-refractivity contribution in [1.29, 1.82) is 0 Å². The molecule has 34 heavy (non-hydrogen) atoms. The third-order valence-electron chi connectivity index (χ3n) is 5.99. The number of ether oxygens (including phenoxy) is 1. The second kappa shape index (κ2) is 7.91. The molecule has 0 aliphatic carbocycles. The quantitative estimate of drug-likeness (QED) is 0.261. The molecule has 1 amide bonds. The summed E-state index contributed by atoms with van der Waals surface area (Å²) in [4.78, 5) is 35.5. The smallest absolute Gasteiger partial charge is 0.302 e. The van der Waals surface area contributed by atoms with Crippen LogP contribution in [0.4, 0.5) is 5.95 Å². The van der Waals surface area contributed by atoms with Crippen molar-refractivity contribution in [3.63, 3.8) is 0 Å². The molecule has 2 aromatic heterocycles. The number of carbonyl (C=O) groups excluding carboxylic acids is 2. The van der Waals surface area contributed by atoms with Crippen LogP contribution < -0.4 is 9.64 Å². The fourth-order valence-corrected chi connectivity index (χ4v) is 4.54. The van der Waals surface area contributed by atoms with Crippen molar-refractivity contribution in [2.75, 3.05) is 12.0 Å². The molecule has 1 aliphatic rings. The molecule has 5 rings (SSSR count). The molecule has 3 heterocycles. The number of hydrogen-bond donors (Lipinski definition) is 2. The minimum absolute atomic E-state index is 0.0973. The number of methoxy groups -OCH3 is 1. The van der Waals surface area contributed by atoms with Gasteiger partial charge in [0.05, 0.1) is 35.5 Å². The highest BCUT2D eigenvalue weighted by atomic mass is 16.5. The van der Waals surface area contributed by atoms with Crippen molar-refractivity contribution in [3.8, 4) is 5.75 Å².